The van der Waals surface area contributed by atoms with Crippen molar-refractivity contribution < 1.29 is 4.79 Å². The second-order valence-electron chi connectivity index (χ2n) is 4.34. The van der Waals surface area contributed by atoms with E-state index < -0.39 is 0 Å². The first-order valence-electron chi connectivity index (χ1n) is 6.13. The highest BCUT2D eigenvalue weighted by Crippen LogP contribution is 2.10. The second kappa shape index (κ2) is 6.47. The Balaban J connectivity index is 1.93. The van der Waals surface area contributed by atoms with Crippen molar-refractivity contribution in [3.8, 4) is 0 Å². The summed E-state index contributed by atoms with van der Waals surface area (Å²) >= 11 is 3.32. The summed E-state index contributed by atoms with van der Waals surface area (Å²) in [5, 5.41) is 2.77. The number of carbonyl (C=O) groups is 1. The molecule has 1 N–H and O–H groups in total. The largest absolute Gasteiger partial charge is 0.350 e. The van der Waals surface area contributed by atoms with Crippen molar-refractivity contribution in [3.05, 3.63) is 62.7 Å². The molecule has 0 saturated heterocycles. The third kappa shape index (κ3) is 3.54. The number of carbonyl (C=O) groups excluding carboxylic acids is 1. The number of halogens is 1. The minimum absolute atomic E-state index is 0.0853. The van der Waals surface area contributed by atoms with E-state index in [1.807, 2.05) is 12.1 Å². The molecule has 2 aromatic rings. The number of aryl methyl sites for hydroxylation is 1. The first-order chi connectivity index (χ1) is 9.58. The van der Waals surface area contributed by atoms with Gasteiger partial charge < -0.3 is 5.32 Å². The van der Waals surface area contributed by atoms with E-state index >= 15 is 0 Å². The van der Waals surface area contributed by atoms with Gasteiger partial charge in [-0.05, 0) is 31.2 Å². The van der Waals surface area contributed by atoms with Gasteiger partial charge in [-0.3, -0.25) is 14.2 Å². The van der Waals surface area contributed by atoms with Gasteiger partial charge in [0.2, 0.25) is 0 Å². The molecular weight excluding hydrogens is 322 g/mol. The topological polar surface area (TPSA) is 64.0 Å². The van der Waals surface area contributed by atoms with Crippen LogP contribution in [0.3, 0.4) is 0 Å². The van der Waals surface area contributed by atoms with E-state index in [4.69, 9.17) is 0 Å². The Bertz CT molecular complexity index is 665. The van der Waals surface area contributed by atoms with Crippen LogP contribution in [0.4, 0.5) is 0 Å². The number of hydrogen-bond donors (Lipinski definition) is 1. The third-order valence-electron chi connectivity index (χ3n) is 2.82. The lowest BCUT2D eigenvalue weighted by molar-refractivity contribution is 0.0952. The fourth-order valence-corrected chi connectivity index (χ4v) is 1.98. The molecule has 0 atom stereocenters. The highest BCUT2D eigenvalue weighted by molar-refractivity contribution is 9.10. The van der Waals surface area contributed by atoms with E-state index in [-0.39, 0.29) is 11.5 Å². The van der Waals surface area contributed by atoms with E-state index in [1.165, 1.54) is 17.1 Å². The Hall–Kier alpha value is -1.95. The average molecular weight is 336 g/mol. The van der Waals surface area contributed by atoms with Crippen molar-refractivity contribution in [2.75, 3.05) is 6.54 Å². The zero-order valence-electron chi connectivity index (χ0n) is 11.0. The maximum Gasteiger partial charge on any atom is 0.256 e. The summed E-state index contributed by atoms with van der Waals surface area (Å²) in [7, 11) is 0. The number of benzene rings is 1. The molecule has 0 aliphatic heterocycles. The van der Waals surface area contributed by atoms with Crippen LogP contribution in [0.15, 0.2) is 46.1 Å². The highest BCUT2D eigenvalue weighted by atomic mass is 79.9. The normalized spacial score (nSPS) is 10.3. The molecular formula is C14H14BrN3O2. The molecule has 6 heteroatoms. The molecule has 0 bridgehead atoms. The standard InChI is InChI=1S/C14H14BrN3O2/c1-10-8-16-9-18(14(10)20)7-6-17-13(19)11-2-4-12(15)5-3-11/h2-5,8-9H,6-7H2,1H3,(H,17,19). The van der Waals surface area contributed by atoms with Gasteiger partial charge in [-0.1, -0.05) is 15.9 Å². The summed E-state index contributed by atoms with van der Waals surface area (Å²) in [6.07, 6.45) is 3.00. The van der Waals surface area contributed by atoms with Gasteiger partial charge >= 0.3 is 0 Å². The molecule has 0 spiro atoms. The minimum atomic E-state index is -0.161. The summed E-state index contributed by atoms with van der Waals surface area (Å²) < 4.78 is 2.41. The van der Waals surface area contributed by atoms with E-state index in [9.17, 15) is 9.59 Å². The summed E-state index contributed by atoms with van der Waals surface area (Å²) in [5.74, 6) is -0.161. The first-order valence-corrected chi connectivity index (χ1v) is 6.92. The van der Waals surface area contributed by atoms with Crippen LogP contribution in [-0.4, -0.2) is 22.0 Å². The Labute approximate surface area is 124 Å². The highest BCUT2D eigenvalue weighted by Gasteiger charge is 2.05. The van der Waals surface area contributed by atoms with Crippen LogP contribution in [0.25, 0.3) is 0 Å². The maximum absolute atomic E-state index is 11.9. The molecule has 1 amide bonds. The van der Waals surface area contributed by atoms with E-state index in [1.54, 1.807) is 19.1 Å². The Morgan fingerprint density at radius 2 is 2.05 bits per heavy atom. The van der Waals surface area contributed by atoms with Gasteiger partial charge in [0.15, 0.2) is 0 Å². The zero-order chi connectivity index (χ0) is 14.5. The van der Waals surface area contributed by atoms with Crippen LogP contribution < -0.4 is 10.9 Å². The lowest BCUT2D eigenvalue weighted by Gasteiger charge is -2.07. The van der Waals surface area contributed by atoms with Gasteiger partial charge in [-0.2, -0.15) is 0 Å². The maximum atomic E-state index is 11.9. The molecule has 0 saturated carbocycles. The van der Waals surface area contributed by atoms with Gasteiger partial charge in [0.05, 0.1) is 6.33 Å². The van der Waals surface area contributed by atoms with Gasteiger partial charge in [0, 0.05) is 34.9 Å². The zero-order valence-corrected chi connectivity index (χ0v) is 12.6. The van der Waals surface area contributed by atoms with Crippen LogP contribution in [0.2, 0.25) is 0 Å². The van der Waals surface area contributed by atoms with Crippen molar-refractivity contribution >= 4 is 21.8 Å². The third-order valence-corrected chi connectivity index (χ3v) is 3.35. The second-order valence-corrected chi connectivity index (χ2v) is 5.25. The monoisotopic (exact) mass is 335 g/mol. The Morgan fingerprint density at radius 1 is 1.35 bits per heavy atom. The molecule has 2 rings (SSSR count). The van der Waals surface area contributed by atoms with Crippen molar-refractivity contribution in [3.63, 3.8) is 0 Å². The van der Waals surface area contributed by atoms with Crippen molar-refractivity contribution in [2.45, 2.75) is 13.5 Å². The predicted molar refractivity (Wildman–Crippen MR) is 79.7 cm³/mol. The average Bonchev–Trinajstić information content (AvgIpc) is 2.44. The lowest BCUT2D eigenvalue weighted by atomic mass is 10.2. The van der Waals surface area contributed by atoms with E-state index in [2.05, 4.69) is 26.2 Å². The molecule has 0 unspecified atom stereocenters. The summed E-state index contributed by atoms with van der Waals surface area (Å²) in [6.45, 7) is 2.49. The summed E-state index contributed by atoms with van der Waals surface area (Å²) in [5.41, 5.74) is 1.09. The van der Waals surface area contributed by atoms with Crippen LogP contribution in [0, 0.1) is 6.92 Å². The number of aromatic nitrogens is 2. The van der Waals surface area contributed by atoms with Crippen LogP contribution >= 0.6 is 15.9 Å². The number of hydrogen-bond acceptors (Lipinski definition) is 3. The fourth-order valence-electron chi connectivity index (χ4n) is 1.71. The van der Waals surface area contributed by atoms with Gasteiger partial charge in [-0.25, -0.2) is 4.98 Å². The molecule has 0 radical (unpaired) electrons. The van der Waals surface area contributed by atoms with E-state index in [0.717, 1.165) is 4.47 Å². The predicted octanol–water partition coefficient (Wildman–Crippen LogP) is 1.74. The Morgan fingerprint density at radius 3 is 2.75 bits per heavy atom. The molecule has 5 nitrogen and oxygen atoms in total. The first kappa shape index (κ1) is 14.5. The van der Waals surface area contributed by atoms with Crippen LogP contribution in [0.5, 0.6) is 0 Å². The molecule has 104 valence electrons. The summed E-state index contributed by atoms with van der Waals surface area (Å²) in [6, 6.07) is 7.09. The Kier molecular flexibility index (Phi) is 4.68. The number of nitrogens with one attached hydrogen (secondary N) is 1. The molecule has 0 aliphatic rings. The van der Waals surface area contributed by atoms with E-state index in [0.29, 0.717) is 24.2 Å². The molecule has 0 aliphatic carbocycles. The smallest absolute Gasteiger partial charge is 0.256 e. The van der Waals surface area contributed by atoms with Gasteiger partial charge in [0.25, 0.3) is 11.5 Å². The SMILES string of the molecule is Cc1cncn(CCNC(=O)c2ccc(Br)cc2)c1=O. The summed E-state index contributed by atoms with van der Waals surface area (Å²) in [4.78, 5) is 27.6. The van der Waals surface area contributed by atoms with Gasteiger partial charge in [0.1, 0.15) is 0 Å². The van der Waals surface area contributed by atoms with Crippen molar-refractivity contribution in [2.24, 2.45) is 0 Å². The number of amides is 1. The van der Waals surface area contributed by atoms with Gasteiger partial charge in [-0.15, -0.1) is 0 Å². The van der Waals surface area contributed by atoms with Crippen LogP contribution in [0.1, 0.15) is 15.9 Å². The molecule has 1 heterocycles. The van der Waals surface area contributed by atoms with Crippen molar-refractivity contribution in [1.29, 1.82) is 0 Å². The fraction of sp³-hybridized carbons (Fsp3) is 0.214. The molecule has 20 heavy (non-hydrogen) atoms. The molecule has 1 aromatic heterocycles. The van der Waals surface area contributed by atoms with Crippen molar-refractivity contribution in [1.82, 2.24) is 14.9 Å². The number of rotatable bonds is 4. The molecule has 1 aromatic carbocycles. The minimum Gasteiger partial charge on any atom is -0.350 e. The lowest BCUT2D eigenvalue weighted by Crippen LogP contribution is -2.31. The quantitative estimate of drug-likeness (QED) is 0.925. The van der Waals surface area contributed by atoms with Crippen LogP contribution in [-0.2, 0) is 6.54 Å². The number of nitrogens with zero attached hydrogens (tertiary/aromatic N) is 2. The molecule has 0 fully saturated rings.